The average Bonchev–Trinajstić information content (AvgIpc) is 2.22. The van der Waals surface area contributed by atoms with E-state index in [4.69, 9.17) is 10.5 Å². The lowest BCUT2D eigenvalue weighted by atomic mass is 10.2. The van der Waals surface area contributed by atoms with Crippen LogP contribution >= 0.6 is 0 Å². The largest absolute Gasteiger partial charge is 0.473 e. The Morgan fingerprint density at radius 3 is 2.76 bits per heavy atom. The normalized spacial score (nSPS) is 12.2. The summed E-state index contributed by atoms with van der Waals surface area (Å²) in [5.74, 6) is 1.25. The zero-order valence-corrected chi connectivity index (χ0v) is 10.7. The van der Waals surface area contributed by atoms with Crippen LogP contribution in [-0.2, 0) is 0 Å². The Labute approximate surface area is 103 Å². The molecule has 1 heterocycles. The number of aromatic nitrogens is 1. The van der Waals surface area contributed by atoms with Crippen LogP contribution in [0, 0.1) is 0 Å². The van der Waals surface area contributed by atoms with E-state index in [0.29, 0.717) is 11.6 Å². The molecule has 0 aliphatic carbocycles. The minimum atomic E-state index is 0.0608. The maximum atomic E-state index is 5.80. The van der Waals surface area contributed by atoms with E-state index in [-0.39, 0.29) is 12.1 Å². The van der Waals surface area contributed by atoms with Gasteiger partial charge in [-0.2, -0.15) is 4.98 Å². The summed E-state index contributed by atoms with van der Waals surface area (Å²) >= 11 is 0. The SMILES string of the molecule is C=CCC(C)Nc1ccc(N)c(OC(C)C)n1. The van der Waals surface area contributed by atoms with Crippen LogP contribution in [0.1, 0.15) is 27.2 Å². The van der Waals surface area contributed by atoms with Gasteiger partial charge in [0.05, 0.1) is 11.8 Å². The highest BCUT2D eigenvalue weighted by Crippen LogP contribution is 2.22. The topological polar surface area (TPSA) is 60.2 Å². The lowest BCUT2D eigenvalue weighted by Gasteiger charge is -2.15. The Morgan fingerprint density at radius 1 is 1.47 bits per heavy atom. The number of pyridine rings is 1. The summed E-state index contributed by atoms with van der Waals surface area (Å²) in [6.45, 7) is 9.67. The van der Waals surface area contributed by atoms with Crippen LogP contribution in [0.4, 0.5) is 11.5 Å². The molecule has 1 aromatic rings. The first-order valence-electron chi connectivity index (χ1n) is 5.83. The van der Waals surface area contributed by atoms with Gasteiger partial charge in [-0.15, -0.1) is 6.58 Å². The fraction of sp³-hybridized carbons (Fsp3) is 0.462. The third-order valence-corrected chi connectivity index (χ3v) is 2.15. The van der Waals surface area contributed by atoms with Gasteiger partial charge in [0.1, 0.15) is 5.82 Å². The molecular weight excluding hydrogens is 214 g/mol. The molecule has 4 heteroatoms. The number of hydrogen-bond acceptors (Lipinski definition) is 4. The average molecular weight is 235 g/mol. The van der Waals surface area contributed by atoms with Crippen molar-refractivity contribution < 1.29 is 4.74 Å². The van der Waals surface area contributed by atoms with Gasteiger partial charge in [-0.3, -0.25) is 0 Å². The van der Waals surface area contributed by atoms with Crippen LogP contribution < -0.4 is 15.8 Å². The Kier molecular flexibility index (Phi) is 4.82. The van der Waals surface area contributed by atoms with Gasteiger partial charge in [0.15, 0.2) is 0 Å². The number of hydrogen-bond donors (Lipinski definition) is 2. The predicted octanol–water partition coefficient (Wildman–Crippen LogP) is 2.83. The highest BCUT2D eigenvalue weighted by atomic mass is 16.5. The van der Waals surface area contributed by atoms with Crippen molar-refractivity contribution in [3.63, 3.8) is 0 Å². The van der Waals surface area contributed by atoms with E-state index in [1.165, 1.54) is 0 Å². The molecule has 0 aliphatic heterocycles. The monoisotopic (exact) mass is 235 g/mol. The van der Waals surface area contributed by atoms with Crippen molar-refractivity contribution in [2.45, 2.75) is 39.3 Å². The van der Waals surface area contributed by atoms with Crippen molar-refractivity contribution in [1.29, 1.82) is 0 Å². The lowest BCUT2D eigenvalue weighted by Crippen LogP contribution is -2.16. The Hall–Kier alpha value is -1.71. The van der Waals surface area contributed by atoms with Crippen LogP contribution in [0.2, 0.25) is 0 Å². The van der Waals surface area contributed by atoms with Crippen LogP contribution in [0.15, 0.2) is 24.8 Å². The maximum absolute atomic E-state index is 5.80. The molecular formula is C13H21N3O. The second kappa shape index (κ2) is 6.13. The number of rotatable bonds is 6. The highest BCUT2D eigenvalue weighted by Gasteiger charge is 2.07. The molecule has 1 unspecified atom stereocenters. The van der Waals surface area contributed by atoms with Gasteiger partial charge in [-0.05, 0) is 39.3 Å². The summed E-state index contributed by atoms with van der Waals surface area (Å²) in [6.07, 6.45) is 2.82. The number of anilines is 2. The third kappa shape index (κ3) is 4.34. The first-order valence-corrected chi connectivity index (χ1v) is 5.83. The molecule has 94 valence electrons. The Morgan fingerprint density at radius 2 is 2.18 bits per heavy atom. The summed E-state index contributed by atoms with van der Waals surface area (Å²) in [5, 5.41) is 3.27. The second-order valence-electron chi connectivity index (χ2n) is 4.33. The molecule has 1 rings (SSSR count). The Balaban J connectivity index is 2.77. The van der Waals surface area contributed by atoms with E-state index < -0.39 is 0 Å². The third-order valence-electron chi connectivity index (χ3n) is 2.15. The van der Waals surface area contributed by atoms with Gasteiger partial charge in [0.25, 0.3) is 0 Å². The van der Waals surface area contributed by atoms with Gasteiger partial charge in [-0.1, -0.05) is 6.08 Å². The molecule has 0 amide bonds. The van der Waals surface area contributed by atoms with E-state index in [0.717, 1.165) is 12.2 Å². The van der Waals surface area contributed by atoms with E-state index in [9.17, 15) is 0 Å². The van der Waals surface area contributed by atoms with Crippen molar-refractivity contribution in [3.8, 4) is 5.88 Å². The highest BCUT2D eigenvalue weighted by molar-refractivity contribution is 5.53. The maximum Gasteiger partial charge on any atom is 0.239 e. The molecule has 4 nitrogen and oxygen atoms in total. The van der Waals surface area contributed by atoms with E-state index in [1.54, 1.807) is 6.07 Å². The van der Waals surface area contributed by atoms with Crippen LogP contribution in [0.25, 0.3) is 0 Å². The number of nitrogens with one attached hydrogen (secondary N) is 1. The molecule has 0 saturated heterocycles. The van der Waals surface area contributed by atoms with Crippen LogP contribution in [0.5, 0.6) is 5.88 Å². The molecule has 1 aromatic heterocycles. The second-order valence-corrected chi connectivity index (χ2v) is 4.33. The summed E-state index contributed by atoms with van der Waals surface area (Å²) in [6, 6.07) is 3.94. The molecule has 0 saturated carbocycles. The fourth-order valence-corrected chi connectivity index (χ4v) is 1.41. The Bertz CT molecular complexity index is 377. The van der Waals surface area contributed by atoms with E-state index >= 15 is 0 Å². The molecule has 0 radical (unpaired) electrons. The summed E-state index contributed by atoms with van der Waals surface area (Å²) in [5.41, 5.74) is 6.35. The van der Waals surface area contributed by atoms with E-state index in [1.807, 2.05) is 26.0 Å². The molecule has 0 bridgehead atoms. The quantitative estimate of drug-likeness (QED) is 0.744. The number of nitrogens with two attached hydrogens (primary N) is 1. The standard InChI is InChI=1S/C13H21N3O/c1-5-6-10(4)15-12-8-7-11(14)13(16-12)17-9(2)3/h5,7-10H,1,6,14H2,2-4H3,(H,15,16). The number of nitrogen functional groups attached to an aromatic ring is 1. The molecule has 0 aliphatic rings. The van der Waals surface area contributed by atoms with Gasteiger partial charge >= 0.3 is 0 Å². The van der Waals surface area contributed by atoms with Gasteiger partial charge in [0.2, 0.25) is 5.88 Å². The summed E-state index contributed by atoms with van der Waals surface area (Å²) in [7, 11) is 0. The number of ether oxygens (including phenoxy) is 1. The summed E-state index contributed by atoms with van der Waals surface area (Å²) in [4.78, 5) is 4.34. The molecule has 17 heavy (non-hydrogen) atoms. The van der Waals surface area contributed by atoms with Gasteiger partial charge in [-0.25, -0.2) is 0 Å². The van der Waals surface area contributed by atoms with Crippen molar-refractivity contribution in [3.05, 3.63) is 24.8 Å². The van der Waals surface area contributed by atoms with Gasteiger partial charge < -0.3 is 15.8 Å². The van der Waals surface area contributed by atoms with Gasteiger partial charge in [0, 0.05) is 6.04 Å². The smallest absolute Gasteiger partial charge is 0.239 e. The zero-order valence-electron chi connectivity index (χ0n) is 10.7. The molecule has 0 aromatic carbocycles. The minimum absolute atomic E-state index is 0.0608. The molecule has 1 atom stereocenters. The van der Waals surface area contributed by atoms with Crippen LogP contribution in [-0.4, -0.2) is 17.1 Å². The fourth-order valence-electron chi connectivity index (χ4n) is 1.41. The van der Waals surface area contributed by atoms with Crippen LogP contribution in [0.3, 0.4) is 0 Å². The van der Waals surface area contributed by atoms with E-state index in [2.05, 4.69) is 23.8 Å². The van der Waals surface area contributed by atoms with Crippen molar-refractivity contribution in [2.75, 3.05) is 11.1 Å². The first-order chi connectivity index (χ1) is 8.02. The summed E-state index contributed by atoms with van der Waals surface area (Å²) < 4.78 is 5.53. The molecule has 0 spiro atoms. The lowest BCUT2D eigenvalue weighted by molar-refractivity contribution is 0.234. The predicted molar refractivity (Wildman–Crippen MR) is 72.3 cm³/mol. The molecule has 3 N–H and O–H groups in total. The first kappa shape index (κ1) is 13.4. The van der Waals surface area contributed by atoms with Crippen molar-refractivity contribution in [2.24, 2.45) is 0 Å². The minimum Gasteiger partial charge on any atom is -0.473 e. The van der Waals surface area contributed by atoms with Crippen molar-refractivity contribution in [1.82, 2.24) is 4.98 Å². The number of nitrogens with zero attached hydrogens (tertiary/aromatic N) is 1. The molecule has 0 fully saturated rings. The zero-order chi connectivity index (χ0) is 12.8. The van der Waals surface area contributed by atoms with Crippen molar-refractivity contribution >= 4 is 11.5 Å².